The fourth-order valence-corrected chi connectivity index (χ4v) is 2.66. The van der Waals surface area contributed by atoms with E-state index in [0.29, 0.717) is 0 Å². The fraction of sp³-hybridized carbons (Fsp3) is 0.385. The zero-order valence-electron chi connectivity index (χ0n) is 10.2. The van der Waals surface area contributed by atoms with Gasteiger partial charge >= 0.3 is 5.97 Å². The molecule has 1 heterocycles. The predicted octanol–water partition coefficient (Wildman–Crippen LogP) is 3.22. The minimum absolute atomic E-state index is 0.0383. The van der Waals surface area contributed by atoms with Crippen molar-refractivity contribution in [3.05, 3.63) is 28.8 Å². The van der Waals surface area contributed by atoms with Crippen molar-refractivity contribution in [1.29, 1.82) is 0 Å². The van der Waals surface area contributed by atoms with Crippen LogP contribution in [0.5, 0.6) is 0 Å². The number of hydrogen-bond acceptors (Lipinski definition) is 3. The van der Waals surface area contributed by atoms with Crippen molar-refractivity contribution in [2.24, 2.45) is 0 Å². The zero-order chi connectivity index (χ0) is 12.6. The highest BCUT2D eigenvalue weighted by atomic mass is 32.1. The van der Waals surface area contributed by atoms with Crippen LogP contribution in [0.1, 0.15) is 31.3 Å². The minimum Gasteiger partial charge on any atom is -0.481 e. The lowest BCUT2D eigenvalue weighted by Gasteiger charge is -2.13. The number of hydrogen-bond donors (Lipinski definition) is 1. The molecule has 0 aliphatic heterocycles. The molecule has 0 atom stereocenters. The smallest absolute Gasteiger partial charge is 0.307 e. The topological polar surface area (TPSA) is 50.2 Å². The molecule has 0 spiro atoms. The van der Waals surface area contributed by atoms with E-state index in [2.05, 4.69) is 25.8 Å². The SMILES string of the molecule is CC(C)(C)c1nc2ccc(CC(=O)O)cc2s1. The molecule has 0 bridgehead atoms. The summed E-state index contributed by atoms with van der Waals surface area (Å²) in [5.41, 5.74) is 1.82. The lowest BCUT2D eigenvalue weighted by Crippen LogP contribution is -2.09. The molecule has 0 unspecified atom stereocenters. The molecule has 90 valence electrons. The van der Waals surface area contributed by atoms with Gasteiger partial charge in [-0.1, -0.05) is 26.8 Å². The van der Waals surface area contributed by atoms with Gasteiger partial charge in [0.05, 0.1) is 21.6 Å². The summed E-state index contributed by atoms with van der Waals surface area (Å²) in [6, 6.07) is 5.66. The summed E-state index contributed by atoms with van der Waals surface area (Å²) < 4.78 is 1.06. The molecule has 0 aliphatic carbocycles. The van der Waals surface area contributed by atoms with Gasteiger partial charge in [-0.2, -0.15) is 0 Å². The standard InChI is InChI=1S/C13H15NO2S/c1-13(2,3)12-14-9-5-4-8(7-11(15)16)6-10(9)17-12/h4-6H,7H2,1-3H3,(H,15,16). The Morgan fingerprint density at radius 3 is 2.71 bits per heavy atom. The van der Waals surface area contributed by atoms with Crippen molar-refractivity contribution >= 4 is 27.5 Å². The molecule has 0 saturated carbocycles. The fourth-order valence-electron chi connectivity index (χ4n) is 1.57. The summed E-state index contributed by atoms with van der Waals surface area (Å²) in [5, 5.41) is 9.84. The van der Waals surface area contributed by atoms with Gasteiger partial charge < -0.3 is 5.11 Å². The number of aromatic nitrogens is 1. The Balaban J connectivity index is 2.44. The van der Waals surface area contributed by atoms with Gasteiger partial charge in [0.25, 0.3) is 0 Å². The van der Waals surface area contributed by atoms with E-state index in [-0.39, 0.29) is 11.8 Å². The van der Waals surface area contributed by atoms with Crippen molar-refractivity contribution in [2.75, 3.05) is 0 Å². The van der Waals surface area contributed by atoms with Gasteiger partial charge in [0.1, 0.15) is 0 Å². The molecule has 1 aromatic carbocycles. The van der Waals surface area contributed by atoms with E-state index in [0.717, 1.165) is 20.8 Å². The number of carbonyl (C=O) groups is 1. The Morgan fingerprint density at radius 1 is 1.41 bits per heavy atom. The number of carboxylic acid groups (broad SMARTS) is 1. The van der Waals surface area contributed by atoms with Gasteiger partial charge in [-0.25, -0.2) is 4.98 Å². The van der Waals surface area contributed by atoms with Gasteiger partial charge in [0.15, 0.2) is 0 Å². The third-order valence-electron chi connectivity index (χ3n) is 2.45. The molecule has 17 heavy (non-hydrogen) atoms. The molecule has 0 saturated heterocycles. The highest BCUT2D eigenvalue weighted by Gasteiger charge is 2.18. The number of thiazole rings is 1. The number of carboxylic acids is 1. The van der Waals surface area contributed by atoms with E-state index >= 15 is 0 Å². The summed E-state index contributed by atoms with van der Waals surface area (Å²) in [6.45, 7) is 6.38. The molecule has 2 aromatic rings. The molecule has 3 nitrogen and oxygen atoms in total. The third kappa shape index (κ3) is 2.64. The van der Waals surface area contributed by atoms with Gasteiger partial charge in [0.2, 0.25) is 0 Å². The van der Waals surface area contributed by atoms with E-state index in [9.17, 15) is 4.79 Å². The number of fused-ring (bicyclic) bond motifs is 1. The van der Waals surface area contributed by atoms with Crippen LogP contribution in [-0.2, 0) is 16.6 Å². The van der Waals surface area contributed by atoms with Crippen LogP contribution in [0.3, 0.4) is 0 Å². The summed E-state index contributed by atoms with van der Waals surface area (Å²) in [7, 11) is 0. The summed E-state index contributed by atoms with van der Waals surface area (Å²) >= 11 is 1.64. The van der Waals surface area contributed by atoms with Crippen LogP contribution >= 0.6 is 11.3 Å². The average molecular weight is 249 g/mol. The van der Waals surface area contributed by atoms with E-state index in [1.165, 1.54) is 0 Å². The van der Waals surface area contributed by atoms with E-state index in [1.807, 2.05) is 18.2 Å². The van der Waals surface area contributed by atoms with E-state index in [1.54, 1.807) is 11.3 Å². The third-order valence-corrected chi connectivity index (χ3v) is 3.89. The molecular formula is C13H15NO2S. The molecule has 4 heteroatoms. The van der Waals surface area contributed by atoms with Gasteiger partial charge in [0, 0.05) is 5.41 Å². The van der Waals surface area contributed by atoms with Crippen molar-refractivity contribution in [3.8, 4) is 0 Å². The maximum atomic E-state index is 10.7. The summed E-state index contributed by atoms with van der Waals surface area (Å²) in [5.74, 6) is -0.801. The van der Waals surface area contributed by atoms with Crippen LogP contribution in [0.15, 0.2) is 18.2 Å². The molecule has 2 rings (SSSR count). The molecule has 0 fully saturated rings. The van der Waals surface area contributed by atoms with Crippen LogP contribution in [0.4, 0.5) is 0 Å². The predicted molar refractivity (Wildman–Crippen MR) is 69.7 cm³/mol. The van der Waals surface area contributed by atoms with Gasteiger partial charge in [-0.3, -0.25) is 4.79 Å². The van der Waals surface area contributed by atoms with Gasteiger partial charge in [-0.05, 0) is 17.7 Å². The number of aliphatic carboxylic acids is 1. The first-order valence-corrected chi connectivity index (χ1v) is 6.29. The molecule has 1 aromatic heterocycles. The van der Waals surface area contributed by atoms with Crippen molar-refractivity contribution < 1.29 is 9.90 Å². The maximum Gasteiger partial charge on any atom is 0.307 e. The lowest BCUT2D eigenvalue weighted by atomic mass is 9.98. The van der Waals surface area contributed by atoms with Crippen LogP contribution in [0, 0.1) is 0 Å². The first kappa shape index (κ1) is 12.0. The number of nitrogens with zero attached hydrogens (tertiary/aromatic N) is 1. The van der Waals surface area contributed by atoms with Crippen LogP contribution in [0.25, 0.3) is 10.2 Å². The molecule has 0 aliphatic rings. The molecule has 0 amide bonds. The Hall–Kier alpha value is -1.42. The zero-order valence-corrected chi connectivity index (χ0v) is 11.0. The summed E-state index contributed by atoms with van der Waals surface area (Å²) in [4.78, 5) is 15.2. The van der Waals surface area contributed by atoms with Crippen LogP contribution < -0.4 is 0 Å². The second-order valence-electron chi connectivity index (χ2n) is 5.14. The Bertz CT molecular complexity index is 566. The Labute approximate surface area is 104 Å². The largest absolute Gasteiger partial charge is 0.481 e. The van der Waals surface area contributed by atoms with E-state index in [4.69, 9.17) is 5.11 Å². The number of benzene rings is 1. The number of rotatable bonds is 2. The first-order chi connectivity index (χ1) is 7.86. The molecule has 0 radical (unpaired) electrons. The van der Waals surface area contributed by atoms with E-state index < -0.39 is 5.97 Å². The summed E-state index contributed by atoms with van der Waals surface area (Å²) in [6.07, 6.45) is 0.0681. The first-order valence-electron chi connectivity index (χ1n) is 5.48. The minimum atomic E-state index is -0.801. The molecular weight excluding hydrogens is 234 g/mol. The van der Waals surface area contributed by atoms with Crippen LogP contribution in [-0.4, -0.2) is 16.1 Å². The van der Waals surface area contributed by atoms with Crippen molar-refractivity contribution in [3.63, 3.8) is 0 Å². The molecule has 1 N–H and O–H groups in total. The van der Waals surface area contributed by atoms with Crippen molar-refractivity contribution in [2.45, 2.75) is 32.6 Å². The Kier molecular flexibility index (Phi) is 2.91. The monoisotopic (exact) mass is 249 g/mol. The second kappa shape index (κ2) is 4.11. The Morgan fingerprint density at radius 2 is 2.12 bits per heavy atom. The maximum absolute atomic E-state index is 10.7. The lowest BCUT2D eigenvalue weighted by molar-refractivity contribution is -0.136. The highest BCUT2D eigenvalue weighted by molar-refractivity contribution is 7.18. The van der Waals surface area contributed by atoms with Gasteiger partial charge in [-0.15, -0.1) is 11.3 Å². The average Bonchev–Trinajstić information content (AvgIpc) is 2.58. The second-order valence-corrected chi connectivity index (χ2v) is 6.17. The van der Waals surface area contributed by atoms with Crippen LogP contribution in [0.2, 0.25) is 0 Å². The highest BCUT2D eigenvalue weighted by Crippen LogP contribution is 2.31. The van der Waals surface area contributed by atoms with Crippen molar-refractivity contribution in [1.82, 2.24) is 4.98 Å². The normalized spacial score (nSPS) is 11.9. The quantitative estimate of drug-likeness (QED) is 0.889.